The number of hydrogen-bond donors (Lipinski definition) is 0. The Balaban J connectivity index is 1.57. The molecule has 2 heterocycles. The highest BCUT2D eigenvalue weighted by molar-refractivity contribution is 6.11. The fourth-order valence-electron chi connectivity index (χ4n) is 5.00. The van der Waals surface area contributed by atoms with E-state index in [-0.39, 0.29) is 18.4 Å². The van der Waals surface area contributed by atoms with E-state index >= 15 is 0 Å². The Labute approximate surface area is 216 Å². The van der Waals surface area contributed by atoms with Crippen LogP contribution in [0.15, 0.2) is 60.7 Å². The molecule has 0 spiro atoms. The Hall–Kier alpha value is -4.20. The molecule has 0 bridgehead atoms. The van der Waals surface area contributed by atoms with E-state index < -0.39 is 6.04 Å². The molecule has 5 rings (SSSR count). The van der Waals surface area contributed by atoms with Crippen molar-refractivity contribution >= 4 is 17.5 Å². The van der Waals surface area contributed by atoms with Crippen molar-refractivity contribution in [3.63, 3.8) is 0 Å². The summed E-state index contributed by atoms with van der Waals surface area (Å²) in [4.78, 5) is 30.8. The molecule has 2 aliphatic rings. The van der Waals surface area contributed by atoms with Gasteiger partial charge >= 0.3 is 0 Å². The average molecular weight is 503 g/mol. The molecule has 3 aromatic rings. The van der Waals surface area contributed by atoms with E-state index in [4.69, 9.17) is 18.9 Å². The van der Waals surface area contributed by atoms with Gasteiger partial charge in [0.05, 0.1) is 39.1 Å². The van der Waals surface area contributed by atoms with Crippen LogP contribution in [0, 0.1) is 0 Å². The summed E-state index contributed by atoms with van der Waals surface area (Å²) in [5.74, 6) is 1.80. The number of fused-ring (bicyclic) bond motifs is 2. The standard InChI is InChI=1S/C29H30N2O6/c1-34-24-12-11-20(14-25(24)35-2)17-31-23-16-27(37-18-19-8-5-4-6-9-19)26(36-3)15-21(23)28(32)30-13-7-10-22(30)29(31)33/h4-6,8-9,11-12,14-16,22H,7,10,13,17-18H2,1-3H3/t22-/m0/s1. The number of ether oxygens (including phenoxy) is 4. The van der Waals surface area contributed by atoms with E-state index in [2.05, 4.69) is 0 Å². The summed E-state index contributed by atoms with van der Waals surface area (Å²) < 4.78 is 22.6. The highest BCUT2D eigenvalue weighted by atomic mass is 16.5. The molecular formula is C29H30N2O6. The molecule has 192 valence electrons. The molecule has 0 aromatic heterocycles. The minimum Gasteiger partial charge on any atom is -0.493 e. The number of rotatable bonds is 8. The van der Waals surface area contributed by atoms with Gasteiger partial charge in [0.25, 0.3) is 5.91 Å². The summed E-state index contributed by atoms with van der Waals surface area (Å²) in [6.45, 7) is 1.13. The number of methoxy groups -OCH3 is 3. The van der Waals surface area contributed by atoms with E-state index in [0.29, 0.717) is 53.8 Å². The molecular weight excluding hydrogens is 472 g/mol. The van der Waals surface area contributed by atoms with Crippen molar-refractivity contribution in [3.8, 4) is 23.0 Å². The first-order valence-corrected chi connectivity index (χ1v) is 12.3. The second kappa shape index (κ2) is 10.4. The lowest BCUT2D eigenvalue weighted by Crippen LogP contribution is -2.44. The summed E-state index contributed by atoms with van der Waals surface area (Å²) in [6, 6.07) is 18.3. The second-order valence-corrected chi connectivity index (χ2v) is 9.06. The fourth-order valence-corrected chi connectivity index (χ4v) is 5.00. The van der Waals surface area contributed by atoms with Gasteiger partial charge in [-0.05, 0) is 42.2 Å². The monoisotopic (exact) mass is 502 g/mol. The van der Waals surface area contributed by atoms with Crippen molar-refractivity contribution in [1.29, 1.82) is 0 Å². The predicted molar refractivity (Wildman–Crippen MR) is 139 cm³/mol. The maximum atomic E-state index is 13.9. The van der Waals surface area contributed by atoms with Crippen LogP contribution in [0.4, 0.5) is 5.69 Å². The number of carbonyl (C=O) groups excluding carboxylic acids is 2. The van der Waals surface area contributed by atoms with Crippen molar-refractivity contribution < 1.29 is 28.5 Å². The van der Waals surface area contributed by atoms with Gasteiger partial charge < -0.3 is 28.7 Å². The van der Waals surface area contributed by atoms with Gasteiger partial charge in [-0.1, -0.05) is 36.4 Å². The molecule has 0 N–H and O–H groups in total. The van der Waals surface area contributed by atoms with Gasteiger partial charge in [-0.2, -0.15) is 0 Å². The van der Waals surface area contributed by atoms with Gasteiger partial charge in [-0.25, -0.2) is 0 Å². The lowest BCUT2D eigenvalue weighted by molar-refractivity contribution is -0.122. The van der Waals surface area contributed by atoms with Crippen LogP contribution in [0.25, 0.3) is 0 Å². The maximum Gasteiger partial charge on any atom is 0.256 e. The van der Waals surface area contributed by atoms with Crippen LogP contribution in [0.2, 0.25) is 0 Å². The van der Waals surface area contributed by atoms with E-state index in [1.54, 1.807) is 43.3 Å². The zero-order chi connectivity index (χ0) is 25.9. The summed E-state index contributed by atoms with van der Waals surface area (Å²) >= 11 is 0. The van der Waals surface area contributed by atoms with Gasteiger partial charge in [0.1, 0.15) is 12.6 Å². The molecule has 1 fully saturated rings. The lowest BCUT2D eigenvalue weighted by atomic mass is 10.1. The van der Waals surface area contributed by atoms with Crippen LogP contribution in [0.5, 0.6) is 23.0 Å². The topological polar surface area (TPSA) is 77.5 Å². The second-order valence-electron chi connectivity index (χ2n) is 9.06. The molecule has 0 aliphatic carbocycles. The van der Waals surface area contributed by atoms with Crippen molar-refractivity contribution in [2.45, 2.75) is 32.0 Å². The normalized spacial score (nSPS) is 16.7. The summed E-state index contributed by atoms with van der Waals surface area (Å²) in [5.41, 5.74) is 2.76. The van der Waals surface area contributed by atoms with Crippen LogP contribution < -0.4 is 23.8 Å². The third-order valence-corrected chi connectivity index (χ3v) is 6.89. The van der Waals surface area contributed by atoms with Crippen LogP contribution in [0.1, 0.15) is 34.3 Å². The van der Waals surface area contributed by atoms with E-state index in [1.165, 1.54) is 0 Å². The summed E-state index contributed by atoms with van der Waals surface area (Å²) in [5, 5.41) is 0. The molecule has 0 saturated carbocycles. The molecule has 2 aliphatic heterocycles. The van der Waals surface area contributed by atoms with Crippen LogP contribution in [-0.2, 0) is 17.9 Å². The molecule has 37 heavy (non-hydrogen) atoms. The highest BCUT2D eigenvalue weighted by Gasteiger charge is 2.42. The third kappa shape index (κ3) is 4.67. The molecule has 1 saturated heterocycles. The number of anilines is 1. The lowest BCUT2D eigenvalue weighted by Gasteiger charge is -2.26. The Bertz CT molecular complexity index is 1310. The van der Waals surface area contributed by atoms with Gasteiger partial charge in [0.2, 0.25) is 5.91 Å². The smallest absolute Gasteiger partial charge is 0.256 e. The van der Waals surface area contributed by atoms with Crippen LogP contribution in [0.3, 0.4) is 0 Å². The Kier molecular flexibility index (Phi) is 6.90. The van der Waals surface area contributed by atoms with Crippen molar-refractivity contribution in [2.24, 2.45) is 0 Å². The van der Waals surface area contributed by atoms with E-state index in [1.807, 2.05) is 48.5 Å². The predicted octanol–water partition coefficient (Wildman–Crippen LogP) is 4.44. The first-order valence-electron chi connectivity index (χ1n) is 12.3. The average Bonchev–Trinajstić information content (AvgIpc) is 3.42. The Morgan fingerprint density at radius 3 is 2.27 bits per heavy atom. The van der Waals surface area contributed by atoms with Crippen molar-refractivity contribution in [3.05, 3.63) is 77.4 Å². The highest BCUT2D eigenvalue weighted by Crippen LogP contribution is 2.41. The zero-order valence-electron chi connectivity index (χ0n) is 21.2. The van der Waals surface area contributed by atoms with Gasteiger partial charge in [0, 0.05) is 12.6 Å². The molecule has 3 aromatic carbocycles. The third-order valence-electron chi connectivity index (χ3n) is 6.89. The summed E-state index contributed by atoms with van der Waals surface area (Å²) in [6.07, 6.45) is 1.42. The van der Waals surface area contributed by atoms with E-state index in [0.717, 1.165) is 17.5 Å². The van der Waals surface area contributed by atoms with Crippen LogP contribution >= 0.6 is 0 Å². The number of carbonyl (C=O) groups is 2. The molecule has 0 unspecified atom stereocenters. The minimum absolute atomic E-state index is 0.112. The Morgan fingerprint density at radius 1 is 0.811 bits per heavy atom. The first kappa shape index (κ1) is 24.5. The number of benzene rings is 3. The first-order chi connectivity index (χ1) is 18.0. The zero-order valence-corrected chi connectivity index (χ0v) is 21.2. The molecule has 0 radical (unpaired) electrons. The fraction of sp³-hybridized carbons (Fsp3) is 0.310. The van der Waals surface area contributed by atoms with Gasteiger partial charge in [0.15, 0.2) is 23.0 Å². The molecule has 1 atom stereocenters. The molecule has 8 heteroatoms. The Morgan fingerprint density at radius 2 is 1.54 bits per heavy atom. The van der Waals surface area contributed by atoms with E-state index in [9.17, 15) is 9.59 Å². The molecule has 8 nitrogen and oxygen atoms in total. The van der Waals surface area contributed by atoms with Crippen molar-refractivity contribution in [2.75, 3.05) is 32.8 Å². The number of amides is 2. The van der Waals surface area contributed by atoms with Gasteiger partial charge in [-0.15, -0.1) is 0 Å². The van der Waals surface area contributed by atoms with Gasteiger partial charge in [-0.3, -0.25) is 9.59 Å². The number of nitrogens with zero attached hydrogens (tertiary/aromatic N) is 2. The summed E-state index contributed by atoms with van der Waals surface area (Å²) in [7, 11) is 4.70. The SMILES string of the molecule is COc1ccc(CN2C(=O)[C@@H]3CCCN3C(=O)c3cc(OC)c(OCc4ccccc4)cc32)cc1OC. The largest absolute Gasteiger partial charge is 0.493 e. The number of hydrogen-bond acceptors (Lipinski definition) is 6. The van der Waals surface area contributed by atoms with Crippen molar-refractivity contribution in [1.82, 2.24) is 4.90 Å². The molecule has 2 amide bonds. The maximum absolute atomic E-state index is 13.9. The van der Waals surface area contributed by atoms with Crippen LogP contribution in [-0.4, -0.2) is 50.6 Å². The minimum atomic E-state index is -0.500. The quantitative estimate of drug-likeness (QED) is 0.453.